The van der Waals surface area contributed by atoms with Crippen LogP contribution in [0.5, 0.6) is 0 Å². The second-order valence-corrected chi connectivity index (χ2v) is 17.0. The molecule has 0 spiro atoms. The van der Waals surface area contributed by atoms with Crippen molar-refractivity contribution in [2.24, 2.45) is 0 Å². The second-order valence-electron chi connectivity index (χ2n) is 7.23. The number of hydrogen-bond donors (Lipinski definition) is 1. The molecule has 3 heterocycles. The van der Waals surface area contributed by atoms with E-state index >= 15 is 0 Å². The van der Waals surface area contributed by atoms with Crippen LogP contribution in [-0.2, 0) is 11.2 Å². The van der Waals surface area contributed by atoms with Gasteiger partial charge in [-0.2, -0.15) is 0 Å². The van der Waals surface area contributed by atoms with E-state index in [-0.39, 0.29) is 16.4 Å². The van der Waals surface area contributed by atoms with Crippen molar-refractivity contribution >= 4 is 53.7 Å². The normalized spacial score (nSPS) is 22.8. The zero-order valence-electron chi connectivity index (χ0n) is 14.3. The Labute approximate surface area is 164 Å². The van der Waals surface area contributed by atoms with Crippen molar-refractivity contribution in [1.82, 2.24) is 5.32 Å². The van der Waals surface area contributed by atoms with Crippen molar-refractivity contribution in [3.8, 4) is 0 Å². The Balaban J connectivity index is 1.37. The summed E-state index contributed by atoms with van der Waals surface area (Å²) in [5.41, 5.74) is 4.11. The maximum atomic E-state index is 12.3. The zero-order valence-corrected chi connectivity index (χ0v) is 18.4. The number of thioether (sulfide) groups is 1. The van der Waals surface area contributed by atoms with Gasteiger partial charge in [-0.05, 0) is 0 Å². The summed E-state index contributed by atoms with van der Waals surface area (Å²) in [7, 11) is 0. The zero-order chi connectivity index (χ0) is 17.7. The Morgan fingerprint density at radius 1 is 1.00 bits per heavy atom. The molecular weight excluding hydrogens is 445 g/mol. The Morgan fingerprint density at radius 2 is 1.85 bits per heavy atom. The van der Waals surface area contributed by atoms with Crippen LogP contribution in [0, 0.1) is 0 Å². The number of nitrogens with one attached hydrogen (secondary N) is 1. The number of rotatable bonds is 5. The van der Waals surface area contributed by atoms with E-state index in [1.165, 1.54) is 28.5 Å². The fourth-order valence-corrected chi connectivity index (χ4v) is 19.2. The SMILES string of the molecule is O=C1NC(=O)C([CH]2c3ccc[c]4c3C=[C](CCCc3ccccc3)[In]42)S1. The third kappa shape index (κ3) is 2.67. The summed E-state index contributed by atoms with van der Waals surface area (Å²) in [5, 5.41) is 2.11. The van der Waals surface area contributed by atoms with Gasteiger partial charge in [0.2, 0.25) is 0 Å². The summed E-state index contributed by atoms with van der Waals surface area (Å²) in [5.74, 6) is -0.0781. The van der Waals surface area contributed by atoms with Crippen molar-refractivity contribution in [1.29, 1.82) is 0 Å². The summed E-state index contributed by atoms with van der Waals surface area (Å²) in [6.45, 7) is 0. The first-order valence-electron chi connectivity index (χ1n) is 9.11. The van der Waals surface area contributed by atoms with Gasteiger partial charge in [-0.15, -0.1) is 0 Å². The molecule has 2 amide bonds. The van der Waals surface area contributed by atoms with Gasteiger partial charge in [-0.1, -0.05) is 0 Å². The van der Waals surface area contributed by atoms with Gasteiger partial charge in [0.05, 0.1) is 0 Å². The van der Waals surface area contributed by atoms with E-state index in [4.69, 9.17) is 0 Å². The van der Waals surface area contributed by atoms with E-state index in [1.54, 1.807) is 6.65 Å². The van der Waals surface area contributed by atoms with Crippen molar-refractivity contribution in [3.05, 3.63) is 68.6 Å². The van der Waals surface area contributed by atoms with Crippen LogP contribution in [0.4, 0.5) is 4.79 Å². The van der Waals surface area contributed by atoms with Crippen molar-refractivity contribution in [2.75, 3.05) is 0 Å². The van der Waals surface area contributed by atoms with Crippen LogP contribution in [0.25, 0.3) is 6.08 Å². The molecule has 2 atom stereocenters. The van der Waals surface area contributed by atoms with Crippen LogP contribution in [-0.4, -0.2) is 37.8 Å². The third-order valence-corrected chi connectivity index (χ3v) is 18.7. The molecule has 1 saturated heterocycles. The summed E-state index contributed by atoms with van der Waals surface area (Å²) in [6, 6.07) is 17.2. The van der Waals surface area contributed by atoms with E-state index in [2.05, 4.69) is 59.9 Å². The molecular formula is C21H18InNO2S. The second kappa shape index (κ2) is 6.61. The van der Waals surface area contributed by atoms with Crippen LogP contribution in [0.15, 0.2) is 51.9 Å². The molecule has 3 aliphatic heterocycles. The van der Waals surface area contributed by atoms with Crippen molar-refractivity contribution in [3.63, 3.8) is 0 Å². The maximum absolute atomic E-state index is 12.3. The van der Waals surface area contributed by atoms with Crippen LogP contribution in [0.3, 0.4) is 0 Å². The van der Waals surface area contributed by atoms with Gasteiger partial charge < -0.3 is 0 Å². The Morgan fingerprint density at radius 3 is 2.58 bits per heavy atom. The average Bonchev–Trinajstić information content (AvgIpc) is 3.22. The van der Waals surface area contributed by atoms with Gasteiger partial charge >= 0.3 is 165 Å². The molecule has 26 heavy (non-hydrogen) atoms. The standard InChI is InChI=1S/C21H18NO2S.In/c23-20-19(25-21(24)22-20)15-18-14-8-7-13-17(18)12-6-2-5-11-16-9-3-1-4-10-16;/h1,3-4,7-10,12,14-15,19H,2,5,11H2,(H,22,23,24);. The van der Waals surface area contributed by atoms with Gasteiger partial charge in [0.1, 0.15) is 0 Å². The van der Waals surface area contributed by atoms with E-state index in [9.17, 15) is 9.59 Å². The van der Waals surface area contributed by atoms with Gasteiger partial charge in [-0.3, -0.25) is 0 Å². The van der Waals surface area contributed by atoms with Gasteiger partial charge in [0.25, 0.3) is 0 Å². The quantitative estimate of drug-likeness (QED) is 0.741. The summed E-state index contributed by atoms with van der Waals surface area (Å²) < 4.78 is 3.50. The molecule has 128 valence electrons. The molecule has 4 bridgehead atoms. The molecule has 2 aromatic carbocycles. The van der Waals surface area contributed by atoms with E-state index < -0.39 is 21.4 Å². The first-order chi connectivity index (χ1) is 12.7. The number of carbonyl (C=O) groups is 2. The Hall–Kier alpha value is -1.46. The first kappa shape index (κ1) is 16.7. The predicted molar refractivity (Wildman–Crippen MR) is 107 cm³/mol. The number of aryl methyl sites for hydroxylation is 1. The van der Waals surface area contributed by atoms with Gasteiger partial charge in [0.15, 0.2) is 0 Å². The number of benzene rings is 2. The van der Waals surface area contributed by atoms with Crippen LogP contribution >= 0.6 is 11.8 Å². The molecule has 0 aliphatic carbocycles. The summed E-state index contributed by atoms with van der Waals surface area (Å²) in [4.78, 5) is 24.1. The number of carbonyl (C=O) groups excluding carboxylic acids is 2. The van der Waals surface area contributed by atoms with Crippen LogP contribution < -0.4 is 8.64 Å². The number of allylic oxidation sites excluding steroid dienone is 1. The number of amides is 2. The van der Waals surface area contributed by atoms with E-state index in [0.29, 0.717) is 3.67 Å². The van der Waals surface area contributed by atoms with Gasteiger partial charge in [-0.25, -0.2) is 0 Å². The van der Waals surface area contributed by atoms with Gasteiger partial charge in [0, 0.05) is 0 Å². The fourth-order valence-electron chi connectivity index (χ4n) is 4.72. The number of hydrogen-bond acceptors (Lipinski definition) is 3. The summed E-state index contributed by atoms with van der Waals surface area (Å²) in [6.07, 6.45) is 5.81. The molecule has 1 fully saturated rings. The molecule has 0 aromatic heterocycles. The monoisotopic (exact) mass is 463 g/mol. The van der Waals surface area contributed by atoms with E-state index in [1.807, 2.05) is 0 Å². The molecule has 1 N–H and O–H groups in total. The molecule has 5 heteroatoms. The summed E-state index contributed by atoms with van der Waals surface area (Å²) >= 11 is -1.07. The topological polar surface area (TPSA) is 46.2 Å². The fraction of sp³-hybridized carbons (Fsp3) is 0.238. The van der Waals surface area contributed by atoms with E-state index in [0.717, 1.165) is 19.3 Å². The van der Waals surface area contributed by atoms with Crippen LogP contribution in [0.1, 0.15) is 33.2 Å². The molecule has 5 rings (SSSR count). The van der Waals surface area contributed by atoms with Crippen molar-refractivity contribution in [2.45, 2.75) is 28.2 Å². The third-order valence-electron chi connectivity index (χ3n) is 5.77. The Kier molecular flexibility index (Phi) is 4.24. The molecule has 2 aromatic rings. The molecule has 2 unspecified atom stereocenters. The number of imide groups is 1. The minimum absolute atomic E-state index is 0.0781. The predicted octanol–water partition coefficient (Wildman–Crippen LogP) is 3.34. The first-order valence-corrected chi connectivity index (χ1v) is 15.2. The molecule has 0 saturated carbocycles. The Bertz CT molecular complexity index is 940. The van der Waals surface area contributed by atoms with Crippen molar-refractivity contribution < 1.29 is 9.59 Å². The minimum atomic E-state index is -2.28. The van der Waals surface area contributed by atoms with Crippen LogP contribution in [0.2, 0.25) is 0 Å². The molecule has 3 aliphatic rings. The molecule has 3 nitrogen and oxygen atoms in total. The molecule has 0 radical (unpaired) electrons. The average molecular weight is 463 g/mol.